The van der Waals surface area contributed by atoms with Crippen LogP contribution >= 0.6 is 0 Å². The minimum Gasteiger partial charge on any atom is -0.480 e. The van der Waals surface area contributed by atoms with Crippen molar-refractivity contribution in [3.8, 4) is 0 Å². The zero-order chi connectivity index (χ0) is 15.8. The molecule has 2 N–H and O–H groups in total. The highest BCUT2D eigenvalue weighted by atomic mass is 16.5. The number of carbonyl (C=O) groups excluding carboxylic acids is 3. The van der Waals surface area contributed by atoms with Gasteiger partial charge in [0.1, 0.15) is 11.8 Å². The number of rotatable bonds is 7. The van der Waals surface area contributed by atoms with E-state index >= 15 is 0 Å². The summed E-state index contributed by atoms with van der Waals surface area (Å²) < 4.78 is 4.70. The summed E-state index contributed by atoms with van der Waals surface area (Å²) in [5, 5.41) is 11.6. The van der Waals surface area contributed by atoms with Crippen molar-refractivity contribution in [1.82, 2.24) is 5.32 Å². The van der Waals surface area contributed by atoms with Crippen molar-refractivity contribution < 1.29 is 29.0 Å². The second kappa shape index (κ2) is 8.39. The Morgan fingerprint density at radius 1 is 1.38 bits per heavy atom. The third-order valence-electron chi connectivity index (χ3n) is 3.44. The van der Waals surface area contributed by atoms with Crippen molar-refractivity contribution in [1.29, 1.82) is 0 Å². The predicted octanol–water partition coefficient (Wildman–Crippen LogP) is 0.658. The van der Waals surface area contributed by atoms with Gasteiger partial charge < -0.3 is 15.2 Å². The van der Waals surface area contributed by atoms with Crippen molar-refractivity contribution in [2.45, 2.75) is 51.5 Å². The average Bonchev–Trinajstić information content (AvgIpc) is 2.42. The first-order valence-electron chi connectivity index (χ1n) is 7.13. The van der Waals surface area contributed by atoms with Crippen LogP contribution in [0, 0.1) is 5.92 Å². The van der Waals surface area contributed by atoms with E-state index in [0.717, 1.165) is 0 Å². The van der Waals surface area contributed by atoms with Crippen LogP contribution in [-0.4, -0.2) is 41.4 Å². The minimum atomic E-state index is -1.15. The molecular weight excluding hydrogens is 278 g/mol. The average molecular weight is 299 g/mol. The van der Waals surface area contributed by atoms with Crippen LogP contribution in [0.25, 0.3) is 0 Å². The molecule has 0 heterocycles. The lowest BCUT2D eigenvalue weighted by Gasteiger charge is -2.27. The highest BCUT2D eigenvalue weighted by Crippen LogP contribution is 2.24. The van der Waals surface area contributed by atoms with Gasteiger partial charge in [0.05, 0.1) is 13.0 Å². The van der Waals surface area contributed by atoms with Gasteiger partial charge in [-0.2, -0.15) is 0 Å². The van der Waals surface area contributed by atoms with Crippen molar-refractivity contribution in [3.63, 3.8) is 0 Å². The maximum Gasteiger partial charge on any atom is 0.326 e. The Balaban J connectivity index is 2.50. The Hall–Kier alpha value is -1.92. The first kappa shape index (κ1) is 17.1. The van der Waals surface area contributed by atoms with Gasteiger partial charge in [0.15, 0.2) is 0 Å². The molecule has 1 aliphatic carbocycles. The van der Waals surface area contributed by atoms with Crippen LogP contribution in [0.3, 0.4) is 0 Å². The normalized spacial score (nSPS) is 19.7. The van der Waals surface area contributed by atoms with Crippen molar-refractivity contribution in [2.75, 3.05) is 6.61 Å². The number of carboxylic acids is 1. The number of hydrogen-bond donors (Lipinski definition) is 2. The van der Waals surface area contributed by atoms with Crippen LogP contribution in [0.1, 0.15) is 45.4 Å². The molecule has 1 amide bonds. The van der Waals surface area contributed by atoms with E-state index in [1.54, 1.807) is 6.92 Å². The van der Waals surface area contributed by atoms with Gasteiger partial charge in [0.2, 0.25) is 5.91 Å². The number of amides is 1. The number of carboxylic acid groups (broad SMARTS) is 1. The Kier molecular flexibility index (Phi) is 6.84. The molecular formula is C14H21NO6. The fourth-order valence-corrected chi connectivity index (χ4v) is 2.42. The summed E-state index contributed by atoms with van der Waals surface area (Å²) >= 11 is 0. The number of Topliss-reactive ketones (excluding diaryl/α,β-unsaturated/α-hetero) is 1. The molecule has 2 atom stereocenters. The molecule has 7 nitrogen and oxygen atoms in total. The number of hydrogen-bond acceptors (Lipinski definition) is 5. The summed E-state index contributed by atoms with van der Waals surface area (Å²) in [6, 6.07) is -1.08. The van der Waals surface area contributed by atoms with Gasteiger partial charge in [-0.05, 0) is 25.7 Å². The number of aliphatic carboxylic acids is 1. The van der Waals surface area contributed by atoms with Gasteiger partial charge in [0, 0.05) is 19.3 Å². The third-order valence-corrected chi connectivity index (χ3v) is 3.44. The maximum atomic E-state index is 11.7. The summed E-state index contributed by atoms with van der Waals surface area (Å²) in [4.78, 5) is 45.5. The standard InChI is InChI=1S/C14H21NO6/c1-2-21-12(18)7-6-11(17)15-13(14(19)20)9-4-3-5-10(16)8-9/h9,13H,2-8H2,1H3,(H,15,17)(H,19,20)/t9-,13+/m0/s1. The van der Waals surface area contributed by atoms with Crippen LogP contribution in [0.5, 0.6) is 0 Å². The van der Waals surface area contributed by atoms with E-state index in [4.69, 9.17) is 4.74 Å². The predicted molar refractivity (Wildman–Crippen MR) is 72.4 cm³/mol. The lowest BCUT2D eigenvalue weighted by molar-refractivity contribution is -0.145. The molecule has 1 fully saturated rings. The molecule has 0 bridgehead atoms. The quantitative estimate of drug-likeness (QED) is 0.668. The summed E-state index contributed by atoms with van der Waals surface area (Å²) in [7, 11) is 0. The molecule has 118 valence electrons. The number of nitrogens with one attached hydrogen (secondary N) is 1. The molecule has 1 saturated carbocycles. The Labute approximate surface area is 123 Å². The number of ketones is 1. The molecule has 1 aliphatic rings. The molecule has 0 aromatic rings. The molecule has 0 aliphatic heterocycles. The Morgan fingerprint density at radius 2 is 2.10 bits per heavy atom. The van der Waals surface area contributed by atoms with E-state index < -0.39 is 23.9 Å². The van der Waals surface area contributed by atoms with E-state index in [0.29, 0.717) is 19.3 Å². The van der Waals surface area contributed by atoms with Gasteiger partial charge in [0.25, 0.3) is 0 Å². The summed E-state index contributed by atoms with van der Waals surface area (Å²) in [5.41, 5.74) is 0. The van der Waals surface area contributed by atoms with Crippen molar-refractivity contribution in [3.05, 3.63) is 0 Å². The molecule has 21 heavy (non-hydrogen) atoms. The topological polar surface area (TPSA) is 110 Å². The van der Waals surface area contributed by atoms with E-state index in [2.05, 4.69) is 5.32 Å². The number of carbonyl (C=O) groups is 4. The summed E-state index contributed by atoms with van der Waals surface area (Å²) in [6.07, 6.45) is 1.68. The molecule has 1 rings (SSSR count). The second-order valence-electron chi connectivity index (χ2n) is 5.08. The van der Waals surface area contributed by atoms with E-state index in [1.807, 2.05) is 0 Å². The van der Waals surface area contributed by atoms with Gasteiger partial charge in [-0.15, -0.1) is 0 Å². The zero-order valence-corrected chi connectivity index (χ0v) is 12.1. The van der Waals surface area contributed by atoms with Crippen LogP contribution < -0.4 is 5.32 Å². The van der Waals surface area contributed by atoms with Crippen molar-refractivity contribution >= 4 is 23.6 Å². The van der Waals surface area contributed by atoms with Crippen LogP contribution in [0.15, 0.2) is 0 Å². The fraction of sp³-hybridized carbons (Fsp3) is 0.714. The van der Waals surface area contributed by atoms with Crippen molar-refractivity contribution in [2.24, 2.45) is 5.92 Å². The number of esters is 1. The van der Waals surface area contributed by atoms with Gasteiger partial charge >= 0.3 is 11.9 Å². The largest absolute Gasteiger partial charge is 0.480 e. The molecule has 0 aromatic heterocycles. The minimum absolute atomic E-state index is 0.0262. The van der Waals surface area contributed by atoms with E-state index in [1.165, 1.54) is 0 Å². The molecule has 7 heteroatoms. The molecule has 0 aromatic carbocycles. The van der Waals surface area contributed by atoms with Gasteiger partial charge in [-0.25, -0.2) is 4.79 Å². The molecule has 0 unspecified atom stereocenters. The highest BCUT2D eigenvalue weighted by Gasteiger charge is 2.33. The summed E-state index contributed by atoms with van der Waals surface area (Å²) in [6.45, 7) is 1.90. The smallest absolute Gasteiger partial charge is 0.326 e. The van der Waals surface area contributed by atoms with Crippen LogP contribution in [0.4, 0.5) is 0 Å². The lowest BCUT2D eigenvalue weighted by atomic mass is 9.83. The highest BCUT2D eigenvalue weighted by molar-refractivity contribution is 5.87. The number of ether oxygens (including phenoxy) is 1. The van der Waals surface area contributed by atoms with Gasteiger partial charge in [-0.3, -0.25) is 14.4 Å². The molecule has 0 saturated heterocycles. The molecule has 0 radical (unpaired) electrons. The third kappa shape index (κ3) is 5.93. The molecule has 0 spiro atoms. The Bertz CT molecular complexity index is 420. The first-order valence-corrected chi connectivity index (χ1v) is 7.13. The van der Waals surface area contributed by atoms with E-state index in [9.17, 15) is 24.3 Å². The fourth-order valence-electron chi connectivity index (χ4n) is 2.42. The monoisotopic (exact) mass is 299 g/mol. The lowest BCUT2D eigenvalue weighted by Crippen LogP contribution is -2.47. The van der Waals surface area contributed by atoms with Crippen LogP contribution in [0.2, 0.25) is 0 Å². The SMILES string of the molecule is CCOC(=O)CCC(=O)N[C@@H](C(=O)O)[C@H]1CCCC(=O)C1. The maximum absolute atomic E-state index is 11.7. The second-order valence-corrected chi connectivity index (χ2v) is 5.08. The van der Waals surface area contributed by atoms with Gasteiger partial charge in [-0.1, -0.05) is 0 Å². The zero-order valence-electron chi connectivity index (χ0n) is 12.1. The van der Waals surface area contributed by atoms with E-state index in [-0.39, 0.29) is 37.6 Å². The van der Waals surface area contributed by atoms with Crippen LogP contribution in [-0.2, 0) is 23.9 Å². The summed E-state index contributed by atoms with van der Waals surface area (Å²) in [5.74, 6) is -2.52. The first-order chi connectivity index (χ1) is 9.93. The Morgan fingerprint density at radius 3 is 2.67 bits per heavy atom.